The first-order valence-corrected chi connectivity index (χ1v) is 8.78. The van der Waals surface area contributed by atoms with Gasteiger partial charge in [0, 0.05) is 17.5 Å². The van der Waals surface area contributed by atoms with Gasteiger partial charge >= 0.3 is 5.97 Å². The molecule has 0 saturated carbocycles. The van der Waals surface area contributed by atoms with Gasteiger partial charge in [-0.25, -0.2) is 4.98 Å². The summed E-state index contributed by atoms with van der Waals surface area (Å²) in [6.07, 6.45) is 3.76. The van der Waals surface area contributed by atoms with Crippen LogP contribution in [0.15, 0.2) is 0 Å². The molecule has 0 spiro atoms. The van der Waals surface area contributed by atoms with E-state index in [1.165, 1.54) is 4.88 Å². The van der Waals surface area contributed by atoms with Crippen LogP contribution in [-0.2, 0) is 11.2 Å². The predicted octanol–water partition coefficient (Wildman–Crippen LogP) is 3.91. The van der Waals surface area contributed by atoms with Gasteiger partial charge in [0.15, 0.2) is 5.13 Å². The third kappa shape index (κ3) is 3.39. The number of anilines is 1. The molecule has 0 amide bonds. The molecule has 1 heterocycles. The van der Waals surface area contributed by atoms with E-state index >= 15 is 0 Å². The second kappa shape index (κ2) is 6.77. The molecule has 1 unspecified atom stereocenters. The van der Waals surface area contributed by atoms with Crippen LogP contribution in [0.5, 0.6) is 0 Å². The van der Waals surface area contributed by atoms with Gasteiger partial charge in [0.05, 0.1) is 5.69 Å². The zero-order valence-corrected chi connectivity index (χ0v) is 14.2. The van der Waals surface area contributed by atoms with Crippen molar-refractivity contribution in [1.82, 2.24) is 4.98 Å². The Kier molecular flexibility index (Phi) is 5.25. The van der Waals surface area contributed by atoms with E-state index in [1.54, 1.807) is 11.3 Å². The third-order valence-electron chi connectivity index (χ3n) is 4.20. The SMILES string of the molecule is CCC(CC)N(CC(C)C)c1nc2c(s1)CCC2C(=O)O. The molecule has 0 radical (unpaired) electrons. The number of hydrogen-bond acceptors (Lipinski definition) is 4. The van der Waals surface area contributed by atoms with Crippen LogP contribution in [-0.4, -0.2) is 28.6 Å². The van der Waals surface area contributed by atoms with Crippen LogP contribution in [0.25, 0.3) is 0 Å². The Bertz CT molecular complexity index is 494. The molecule has 0 bridgehead atoms. The number of thiazole rings is 1. The largest absolute Gasteiger partial charge is 0.481 e. The number of aryl methyl sites for hydroxylation is 1. The predicted molar refractivity (Wildman–Crippen MR) is 87.4 cm³/mol. The summed E-state index contributed by atoms with van der Waals surface area (Å²) in [5.41, 5.74) is 0.821. The van der Waals surface area contributed by atoms with Gasteiger partial charge in [0.2, 0.25) is 0 Å². The minimum atomic E-state index is -0.733. The summed E-state index contributed by atoms with van der Waals surface area (Å²) in [5, 5.41) is 10.3. The molecule has 1 N–H and O–H groups in total. The van der Waals surface area contributed by atoms with Crippen LogP contribution >= 0.6 is 11.3 Å². The number of carbonyl (C=O) groups is 1. The van der Waals surface area contributed by atoms with Crippen molar-refractivity contribution in [3.05, 3.63) is 10.6 Å². The van der Waals surface area contributed by atoms with Crippen LogP contribution < -0.4 is 4.90 Å². The molecular weight excluding hydrogens is 284 g/mol. The lowest BCUT2D eigenvalue weighted by atomic mass is 10.1. The molecule has 0 aliphatic heterocycles. The van der Waals surface area contributed by atoms with E-state index in [4.69, 9.17) is 4.98 Å². The summed E-state index contributed by atoms with van der Waals surface area (Å²) in [7, 11) is 0. The third-order valence-corrected chi connectivity index (χ3v) is 5.36. The van der Waals surface area contributed by atoms with E-state index in [9.17, 15) is 9.90 Å². The minimum Gasteiger partial charge on any atom is -0.481 e. The lowest BCUT2D eigenvalue weighted by molar-refractivity contribution is -0.138. The molecule has 0 fully saturated rings. The molecule has 1 atom stereocenters. The number of nitrogens with zero attached hydrogens (tertiary/aromatic N) is 2. The zero-order chi connectivity index (χ0) is 15.6. The Hall–Kier alpha value is -1.10. The highest BCUT2D eigenvalue weighted by Gasteiger charge is 2.34. The number of fused-ring (bicyclic) bond motifs is 1. The molecule has 1 aromatic rings. The Labute approximate surface area is 131 Å². The number of aliphatic carboxylic acids is 1. The number of carboxylic acid groups (broad SMARTS) is 1. The summed E-state index contributed by atoms with van der Waals surface area (Å²) in [6.45, 7) is 9.84. The summed E-state index contributed by atoms with van der Waals surface area (Å²) >= 11 is 1.70. The quantitative estimate of drug-likeness (QED) is 0.829. The number of hydrogen-bond donors (Lipinski definition) is 1. The monoisotopic (exact) mass is 310 g/mol. The summed E-state index contributed by atoms with van der Waals surface area (Å²) in [6, 6.07) is 0.488. The highest BCUT2D eigenvalue weighted by Crippen LogP contribution is 2.40. The second-order valence-electron chi connectivity index (χ2n) is 6.25. The average Bonchev–Trinajstić information content (AvgIpc) is 2.97. The van der Waals surface area contributed by atoms with Crippen LogP contribution in [0.1, 0.15) is 63.4 Å². The smallest absolute Gasteiger partial charge is 0.312 e. The second-order valence-corrected chi connectivity index (χ2v) is 7.31. The minimum absolute atomic E-state index is 0.396. The first-order valence-electron chi connectivity index (χ1n) is 7.96. The van der Waals surface area contributed by atoms with E-state index in [2.05, 4.69) is 32.6 Å². The van der Waals surface area contributed by atoms with Crippen molar-refractivity contribution < 1.29 is 9.90 Å². The molecule has 1 aromatic heterocycles. The topological polar surface area (TPSA) is 53.4 Å². The molecule has 1 aliphatic rings. The van der Waals surface area contributed by atoms with Gasteiger partial charge in [-0.2, -0.15) is 0 Å². The van der Waals surface area contributed by atoms with Gasteiger partial charge < -0.3 is 10.0 Å². The molecule has 118 valence electrons. The maximum absolute atomic E-state index is 11.3. The molecule has 0 saturated heterocycles. The fraction of sp³-hybridized carbons (Fsp3) is 0.750. The van der Waals surface area contributed by atoms with Crippen LogP contribution in [0.2, 0.25) is 0 Å². The fourth-order valence-corrected chi connectivity index (χ4v) is 4.30. The Morgan fingerprint density at radius 3 is 2.62 bits per heavy atom. The van der Waals surface area contributed by atoms with Crippen LogP contribution in [0.3, 0.4) is 0 Å². The highest BCUT2D eigenvalue weighted by atomic mass is 32.1. The van der Waals surface area contributed by atoms with Crippen molar-refractivity contribution in [2.75, 3.05) is 11.4 Å². The summed E-state index contributed by atoms with van der Waals surface area (Å²) in [5.74, 6) is -0.559. The molecule has 21 heavy (non-hydrogen) atoms. The fourth-order valence-electron chi connectivity index (χ4n) is 3.08. The van der Waals surface area contributed by atoms with Gasteiger partial charge in [0.1, 0.15) is 5.92 Å². The van der Waals surface area contributed by atoms with Gasteiger partial charge in [-0.3, -0.25) is 4.79 Å². The van der Waals surface area contributed by atoms with Crippen LogP contribution in [0.4, 0.5) is 5.13 Å². The highest BCUT2D eigenvalue weighted by molar-refractivity contribution is 7.15. The van der Waals surface area contributed by atoms with Crippen molar-refractivity contribution in [2.24, 2.45) is 5.92 Å². The standard InChI is InChI=1S/C16H26N2O2S/c1-5-11(6-2)18(9-10(3)4)16-17-14-12(15(19)20)7-8-13(14)21-16/h10-12H,5-9H2,1-4H3,(H,19,20). The molecule has 4 nitrogen and oxygen atoms in total. The van der Waals surface area contributed by atoms with Crippen LogP contribution in [0, 0.1) is 5.92 Å². The first kappa shape index (κ1) is 16.3. The van der Waals surface area contributed by atoms with Crippen molar-refractivity contribution in [3.8, 4) is 0 Å². The van der Waals surface area contributed by atoms with Crippen molar-refractivity contribution in [3.63, 3.8) is 0 Å². The Morgan fingerprint density at radius 1 is 1.43 bits per heavy atom. The molecule has 1 aliphatic carbocycles. The maximum Gasteiger partial charge on any atom is 0.312 e. The van der Waals surface area contributed by atoms with E-state index in [-0.39, 0.29) is 0 Å². The number of aromatic nitrogens is 1. The maximum atomic E-state index is 11.3. The Balaban J connectivity index is 2.29. The molecule has 0 aromatic carbocycles. The molecule has 5 heteroatoms. The number of rotatable bonds is 7. The lowest BCUT2D eigenvalue weighted by Gasteiger charge is -2.31. The summed E-state index contributed by atoms with van der Waals surface area (Å²) < 4.78 is 0. The van der Waals surface area contributed by atoms with Gasteiger partial charge in [0.25, 0.3) is 0 Å². The van der Waals surface area contributed by atoms with Gasteiger partial charge in [-0.05, 0) is 31.6 Å². The molecular formula is C16H26N2O2S. The first-order chi connectivity index (χ1) is 9.97. The van der Waals surface area contributed by atoms with Crippen molar-refractivity contribution >= 4 is 22.4 Å². The summed E-state index contributed by atoms with van der Waals surface area (Å²) in [4.78, 5) is 19.6. The van der Waals surface area contributed by atoms with E-state index in [1.807, 2.05) is 0 Å². The zero-order valence-electron chi connectivity index (χ0n) is 13.4. The van der Waals surface area contributed by atoms with Crippen molar-refractivity contribution in [1.29, 1.82) is 0 Å². The van der Waals surface area contributed by atoms with E-state index in [0.717, 1.165) is 36.6 Å². The van der Waals surface area contributed by atoms with Gasteiger partial charge in [-0.1, -0.05) is 27.7 Å². The molecule has 2 rings (SSSR count). The normalized spacial score (nSPS) is 17.5. The van der Waals surface area contributed by atoms with Crippen molar-refractivity contribution in [2.45, 2.75) is 65.3 Å². The Morgan fingerprint density at radius 2 is 2.10 bits per heavy atom. The average molecular weight is 310 g/mol. The lowest BCUT2D eigenvalue weighted by Crippen LogP contribution is -2.37. The van der Waals surface area contributed by atoms with Gasteiger partial charge in [-0.15, -0.1) is 11.3 Å². The van der Waals surface area contributed by atoms with E-state index < -0.39 is 11.9 Å². The van der Waals surface area contributed by atoms with E-state index in [0.29, 0.717) is 18.4 Å². The number of carboxylic acids is 1.